The van der Waals surface area contributed by atoms with Crippen LogP contribution in [0.1, 0.15) is 35.7 Å². The first-order valence-electron chi connectivity index (χ1n) is 6.69. The lowest BCUT2D eigenvalue weighted by molar-refractivity contribution is -0.138. The first-order chi connectivity index (χ1) is 9.65. The average Bonchev–Trinajstić information content (AvgIpc) is 2.79. The highest BCUT2D eigenvalue weighted by molar-refractivity contribution is 6.01. The van der Waals surface area contributed by atoms with Crippen LogP contribution in [0.15, 0.2) is 18.2 Å². The Morgan fingerprint density at radius 1 is 1.25 bits per heavy atom. The van der Waals surface area contributed by atoms with E-state index in [0.717, 1.165) is 18.3 Å². The highest BCUT2D eigenvalue weighted by Crippen LogP contribution is 2.20. The highest BCUT2D eigenvalue weighted by Gasteiger charge is 2.28. The van der Waals surface area contributed by atoms with Gasteiger partial charge in [-0.25, -0.2) is 0 Å². The van der Waals surface area contributed by atoms with Crippen LogP contribution in [-0.2, 0) is 16.0 Å². The van der Waals surface area contributed by atoms with Gasteiger partial charge in [0.15, 0.2) is 0 Å². The van der Waals surface area contributed by atoms with Gasteiger partial charge >= 0.3 is 0 Å². The number of hydrogen-bond acceptors (Lipinski definition) is 4. The van der Waals surface area contributed by atoms with Gasteiger partial charge in [-0.15, -0.1) is 0 Å². The number of aldehydes is 1. The van der Waals surface area contributed by atoms with E-state index in [1.165, 1.54) is 4.90 Å². The Hall–Kier alpha value is -2.17. The van der Waals surface area contributed by atoms with Crippen LogP contribution in [0.5, 0.6) is 5.75 Å². The van der Waals surface area contributed by atoms with E-state index in [9.17, 15) is 14.4 Å². The summed E-state index contributed by atoms with van der Waals surface area (Å²) < 4.78 is 5.62. The van der Waals surface area contributed by atoms with Gasteiger partial charge in [-0.3, -0.25) is 19.3 Å². The minimum atomic E-state index is -0.134. The Labute approximate surface area is 117 Å². The van der Waals surface area contributed by atoms with Gasteiger partial charge < -0.3 is 4.74 Å². The molecule has 0 saturated carbocycles. The molecule has 0 atom stereocenters. The van der Waals surface area contributed by atoms with Gasteiger partial charge in [0.05, 0.1) is 6.54 Å². The maximum atomic E-state index is 11.4. The standard InChI is InChI=1S/C15H17NO4/c1-2-12-9-11(10-17)3-4-13(12)20-8-7-16-14(18)5-6-15(16)19/h3-4,9-10H,2,5-8H2,1H3. The number of carbonyl (C=O) groups is 3. The maximum absolute atomic E-state index is 11.4. The van der Waals surface area contributed by atoms with Crippen molar-refractivity contribution < 1.29 is 19.1 Å². The lowest BCUT2D eigenvalue weighted by Gasteiger charge is -2.15. The van der Waals surface area contributed by atoms with Crippen LogP contribution < -0.4 is 4.74 Å². The highest BCUT2D eigenvalue weighted by atomic mass is 16.5. The molecule has 1 saturated heterocycles. The fourth-order valence-electron chi connectivity index (χ4n) is 2.21. The van der Waals surface area contributed by atoms with Gasteiger partial charge in [0, 0.05) is 18.4 Å². The fraction of sp³-hybridized carbons (Fsp3) is 0.400. The van der Waals surface area contributed by atoms with Gasteiger partial charge in [0.25, 0.3) is 0 Å². The molecule has 0 unspecified atom stereocenters. The van der Waals surface area contributed by atoms with Gasteiger partial charge in [0.2, 0.25) is 11.8 Å². The molecule has 0 aromatic heterocycles. The summed E-state index contributed by atoms with van der Waals surface area (Å²) in [6, 6.07) is 5.22. The molecule has 1 aliphatic rings. The quantitative estimate of drug-likeness (QED) is 0.584. The molecule has 1 fully saturated rings. The van der Waals surface area contributed by atoms with E-state index in [2.05, 4.69) is 0 Å². The third-order valence-corrected chi connectivity index (χ3v) is 3.33. The van der Waals surface area contributed by atoms with Gasteiger partial charge in [0.1, 0.15) is 18.6 Å². The first kappa shape index (κ1) is 14.2. The van der Waals surface area contributed by atoms with Crippen molar-refractivity contribution in [2.45, 2.75) is 26.2 Å². The molecule has 0 radical (unpaired) electrons. The number of ether oxygens (including phenoxy) is 1. The van der Waals surface area contributed by atoms with Crippen molar-refractivity contribution in [2.75, 3.05) is 13.2 Å². The lowest BCUT2D eigenvalue weighted by atomic mass is 10.1. The van der Waals surface area contributed by atoms with Crippen LogP contribution >= 0.6 is 0 Å². The van der Waals surface area contributed by atoms with E-state index in [-0.39, 0.29) is 25.0 Å². The minimum absolute atomic E-state index is 0.134. The molecule has 20 heavy (non-hydrogen) atoms. The number of hydrogen-bond donors (Lipinski definition) is 0. The van der Waals surface area contributed by atoms with Crippen molar-refractivity contribution in [1.29, 1.82) is 0 Å². The van der Waals surface area contributed by atoms with Crippen LogP contribution in [0.25, 0.3) is 0 Å². The number of imide groups is 1. The third kappa shape index (κ3) is 3.04. The topological polar surface area (TPSA) is 63.7 Å². The molecule has 0 N–H and O–H groups in total. The molecule has 1 aromatic rings. The summed E-state index contributed by atoms with van der Waals surface area (Å²) in [6.07, 6.45) is 2.14. The summed E-state index contributed by atoms with van der Waals surface area (Å²) in [5, 5.41) is 0. The largest absolute Gasteiger partial charge is 0.491 e. The summed E-state index contributed by atoms with van der Waals surface area (Å²) >= 11 is 0. The van der Waals surface area contributed by atoms with Crippen molar-refractivity contribution in [3.8, 4) is 5.75 Å². The Bertz CT molecular complexity index is 523. The summed E-state index contributed by atoms with van der Waals surface area (Å²) in [5.74, 6) is 0.424. The van der Waals surface area contributed by atoms with E-state index in [1.807, 2.05) is 6.92 Å². The maximum Gasteiger partial charge on any atom is 0.229 e. The molecular formula is C15H17NO4. The number of likely N-dealkylation sites (tertiary alicyclic amines) is 1. The SMILES string of the molecule is CCc1cc(C=O)ccc1OCCN1C(=O)CCC1=O. The van der Waals surface area contributed by atoms with Crippen LogP contribution in [0.3, 0.4) is 0 Å². The number of carbonyl (C=O) groups excluding carboxylic acids is 3. The van der Waals surface area contributed by atoms with Crippen molar-refractivity contribution in [3.63, 3.8) is 0 Å². The molecular weight excluding hydrogens is 258 g/mol. The Morgan fingerprint density at radius 3 is 2.55 bits per heavy atom. The second-order valence-corrected chi connectivity index (χ2v) is 4.63. The number of benzene rings is 1. The zero-order valence-electron chi connectivity index (χ0n) is 11.4. The summed E-state index contributed by atoms with van der Waals surface area (Å²) in [5.41, 5.74) is 1.55. The summed E-state index contributed by atoms with van der Waals surface area (Å²) in [7, 11) is 0. The van der Waals surface area contributed by atoms with E-state index >= 15 is 0 Å². The van der Waals surface area contributed by atoms with E-state index in [0.29, 0.717) is 24.2 Å². The third-order valence-electron chi connectivity index (χ3n) is 3.33. The molecule has 2 amide bonds. The van der Waals surface area contributed by atoms with Gasteiger partial charge in [-0.1, -0.05) is 6.92 Å². The van der Waals surface area contributed by atoms with Crippen molar-refractivity contribution in [2.24, 2.45) is 0 Å². The lowest BCUT2D eigenvalue weighted by Crippen LogP contribution is -2.33. The van der Waals surface area contributed by atoms with E-state index < -0.39 is 0 Å². The van der Waals surface area contributed by atoms with Crippen molar-refractivity contribution >= 4 is 18.1 Å². The van der Waals surface area contributed by atoms with Crippen molar-refractivity contribution in [1.82, 2.24) is 4.90 Å². The molecule has 1 heterocycles. The number of amides is 2. The molecule has 5 nitrogen and oxygen atoms in total. The van der Waals surface area contributed by atoms with E-state index in [1.54, 1.807) is 18.2 Å². The normalized spacial score (nSPS) is 14.8. The molecule has 0 aliphatic carbocycles. The predicted octanol–water partition coefficient (Wildman–Crippen LogP) is 1.59. The fourth-order valence-corrected chi connectivity index (χ4v) is 2.21. The molecule has 1 aromatic carbocycles. The monoisotopic (exact) mass is 275 g/mol. The summed E-state index contributed by atoms with van der Waals surface area (Å²) in [4.78, 5) is 34.9. The number of aryl methyl sites for hydroxylation is 1. The second-order valence-electron chi connectivity index (χ2n) is 4.63. The Balaban J connectivity index is 1.95. The number of rotatable bonds is 6. The molecule has 2 rings (SSSR count). The zero-order valence-corrected chi connectivity index (χ0v) is 11.4. The number of nitrogens with zero attached hydrogens (tertiary/aromatic N) is 1. The molecule has 106 valence electrons. The average molecular weight is 275 g/mol. The second kappa shape index (κ2) is 6.32. The van der Waals surface area contributed by atoms with Crippen LogP contribution in [-0.4, -0.2) is 36.2 Å². The predicted molar refractivity (Wildman–Crippen MR) is 72.7 cm³/mol. The zero-order chi connectivity index (χ0) is 14.5. The van der Waals surface area contributed by atoms with Crippen LogP contribution in [0.4, 0.5) is 0 Å². The molecule has 1 aliphatic heterocycles. The van der Waals surface area contributed by atoms with Crippen molar-refractivity contribution in [3.05, 3.63) is 29.3 Å². The van der Waals surface area contributed by atoms with E-state index in [4.69, 9.17) is 4.74 Å². The summed E-state index contributed by atoms with van der Waals surface area (Å²) in [6.45, 7) is 2.52. The Morgan fingerprint density at radius 2 is 1.95 bits per heavy atom. The molecule has 5 heteroatoms. The molecule has 0 bridgehead atoms. The smallest absolute Gasteiger partial charge is 0.229 e. The minimum Gasteiger partial charge on any atom is -0.491 e. The van der Waals surface area contributed by atoms with Crippen LogP contribution in [0.2, 0.25) is 0 Å². The van der Waals surface area contributed by atoms with Crippen LogP contribution in [0, 0.1) is 0 Å². The van der Waals surface area contributed by atoms with Gasteiger partial charge in [-0.2, -0.15) is 0 Å². The molecule has 0 spiro atoms. The Kier molecular flexibility index (Phi) is 4.50. The first-order valence-corrected chi connectivity index (χ1v) is 6.69. The van der Waals surface area contributed by atoms with Gasteiger partial charge in [-0.05, 0) is 30.2 Å².